The molecule has 0 aliphatic heterocycles. The van der Waals surface area contributed by atoms with Gasteiger partial charge in [0.15, 0.2) is 0 Å². The predicted octanol–water partition coefficient (Wildman–Crippen LogP) is 2.35. The van der Waals surface area contributed by atoms with Gasteiger partial charge in [-0.2, -0.15) is 0 Å². The Morgan fingerprint density at radius 1 is 1.20 bits per heavy atom. The van der Waals surface area contributed by atoms with Gasteiger partial charge in [0.05, 0.1) is 0 Å². The first-order chi connectivity index (χ1) is 9.17. The van der Waals surface area contributed by atoms with Crippen LogP contribution in [0.2, 0.25) is 0 Å². The Morgan fingerprint density at radius 2 is 1.75 bits per heavy atom. The highest BCUT2D eigenvalue weighted by Crippen LogP contribution is 2.17. The van der Waals surface area contributed by atoms with Crippen molar-refractivity contribution in [3.8, 4) is 0 Å². The van der Waals surface area contributed by atoms with Gasteiger partial charge in [-0.05, 0) is 32.0 Å². The van der Waals surface area contributed by atoms with Gasteiger partial charge in [-0.15, -0.1) is 0 Å². The lowest BCUT2D eigenvalue weighted by Gasteiger charge is -2.17. The number of hydrogen-bond acceptors (Lipinski definition) is 3. The lowest BCUT2D eigenvalue weighted by atomic mass is 10.0. The number of nitrogens with one attached hydrogen (secondary N) is 2. The topological polar surface area (TPSA) is 84.2 Å². The average molecular weight is 277 g/mol. The van der Waals surface area contributed by atoms with Crippen molar-refractivity contribution in [3.63, 3.8) is 0 Å². The first-order valence-electron chi connectivity index (χ1n) is 6.67. The number of carbonyl (C=O) groups is 2. The minimum atomic E-state index is -0.548. The lowest BCUT2D eigenvalue weighted by Crippen LogP contribution is -2.36. The molecule has 110 valence electrons. The highest BCUT2D eigenvalue weighted by Gasteiger charge is 2.16. The molecule has 0 heterocycles. The van der Waals surface area contributed by atoms with Crippen molar-refractivity contribution in [1.29, 1.82) is 0 Å². The van der Waals surface area contributed by atoms with Gasteiger partial charge in [0.25, 0.3) is 0 Å². The Hall–Kier alpha value is -1.88. The van der Waals surface area contributed by atoms with Gasteiger partial charge in [0.2, 0.25) is 11.8 Å². The molecule has 1 aromatic carbocycles. The molecule has 0 saturated heterocycles. The molecule has 0 atom stereocenters. The average Bonchev–Trinajstić information content (AvgIpc) is 2.26. The Balaban J connectivity index is 2.69. The second-order valence-corrected chi connectivity index (χ2v) is 5.94. The normalized spacial score (nSPS) is 11.3. The van der Waals surface area contributed by atoms with Crippen LogP contribution in [0, 0.1) is 5.92 Å². The van der Waals surface area contributed by atoms with Crippen LogP contribution in [-0.4, -0.2) is 17.4 Å². The molecule has 0 aliphatic rings. The van der Waals surface area contributed by atoms with Gasteiger partial charge in [-0.25, -0.2) is 0 Å². The largest absolute Gasteiger partial charge is 0.326 e. The minimum absolute atomic E-state index is 0.0587. The molecule has 20 heavy (non-hydrogen) atoms. The zero-order valence-corrected chi connectivity index (χ0v) is 12.5. The van der Waals surface area contributed by atoms with Crippen molar-refractivity contribution in [2.75, 3.05) is 10.6 Å². The van der Waals surface area contributed by atoms with Crippen LogP contribution in [0.25, 0.3) is 0 Å². The maximum absolute atomic E-state index is 11.8. The molecule has 0 unspecified atom stereocenters. The molecule has 1 aromatic rings. The SMILES string of the molecule is CC(C)C(=O)Nc1cccc(NC(=O)CC(C)(C)N)c1. The van der Waals surface area contributed by atoms with Gasteiger partial charge in [0.1, 0.15) is 0 Å². The summed E-state index contributed by atoms with van der Waals surface area (Å²) in [6.45, 7) is 7.24. The number of hydrogen-bond donors (Lipinski definition) is 3. The van der Waals surface area contributed by atoms with Crippen LogP contribution < -0.4 is 16.4 Å². The summed E-state index contributed by atoms with van der Waals surface area (Å²) in [5.41, 5.74) is 6.55. The van der Waals surface area contributed by atoms with Crippen LogP contribution in [0.4, 0.5) is 11.4 Å². The van der Waals surface area contributed by atoms with Gasteiger partial charge in [0, 0.05) is 29.3 Å². The van der Waals surface area contributed by atoms with E-state index in [-0.39, 0.29) is 24.2 Å². The van der Waals surface area contributed by atoms with E-state index in [4.69, 9.17) is 5.73 Å². The molecule has 0 saturated carbocycles. The van der Waals surface area contributed by atoms with Gasteiger partial charge >= 0.3 is 0 Å². The fourth-order valence-corrected chi connectivity index (χ4v) is 1.58. The van der Waals surface area contributed by atoms with E-state index in [0.29, 0.717) is 11.4 Å². The van der Waals surface area contributed by atoms with Crippen molar-refractivity contribution in [2.24, 2.45) is 11.7 Å². The van der Waals surface area contributed by atoms with Crippen LogP contribution in [0.5, 0.6) is 0 Å². The zero-order valence-electron chi connectivity index (χ0n) is 12.5. The molecule has 1 rings (SSSR count). The van der Waals surface area contributed by atoms with Crippen LogP contribution in [-0.2, 0) is 9.59 Å². The molecule has 5 heteroatoms. The molecule has 5 nitrogen and oxygen atoms in total. The van der Waals surface area contributed by atoms with Crippen LogP contribution in [0.15, 0.2) is 24.3 Å². The van der Waals surface area contributed by atoms with E-state index in [1.54, 1.807) is 38.1 Å². The number of carbonyl (C=O) groups excluding carboxylic acids is 2. The third-order valence-corrected chi connectivity index (χ3v) is 2.55. The van der Waals surface area contributed by atoms with E-state index >= 15 is 0 Å². The fourth-order valence-electron chi connectivity index (χ4n) is 1.58. The monoisotopic (exact) mass is 277 g/mol. The van der Waals surface area contributed by atoms with Crippen LogP contribution in [0.3, 0.4) is 0 Å². The summed E-state index contributed by atoms with van der Waals surface area (Å²) in [4.78, 5) is 23.4. The molecule has 0 radical (unpaired) electrons. The van der Waals surface area contributed by atoms with Crippen molar-refractivity contribution in [1.82, 2.24) is 0 Å². The number of anilines is 2. The first-order valence-corrected chi connectivity index (χ1v) is 6.67. The fraction of sp³-hybridized carbons (Fsp3) is 0.467. The Bertz CT molecular complexity index is 490. The first kappa shape index (κ1) is 16.2. The third-order valence-electron chi connectivity index (χ3n) is 2.55. The van der Waals surface area contributed by atoms with Gasteiger partial charge < -0.3 is 16.4 Å². The summed E-state index contributed by atoms with van der Waals surface area (Å²) in [6, 6.07) is 7.05. The smallest absolute Gasteiger partial charge is 0.226 e. The molecule has 4 N–H and O–H groups in total. The van der Waals surface area contributed by atoms with E-state index in [0.717, 1.165) is 0 Å². The molecule has 0 bridgehead atoms. The zero-order chi connectivity index (χ0) is 15.3. The van der Waals surface area contributed by atoms with Crippen LogP contribution in [0.1, 0.15) is 34.1 Å². The molecule has 0 aromatic heterocycles. The Morgan fingerprint density at radius 3 is 2.25 bits per heavy atom. The lowest BCUT2D eigenvalue weighted by molar-refractivity contribution is -0.119. The second kappa shape index (κ2) is 6.52. The van der Waals surface area contributed by atoms with Crippen molar-refractivity contribution < 1.29 is 9.59 Å². The number of nitrogens with two attached hydrogens (primary N) is 1. The Kier molecular flexibility index (Phi) is 5.27. The van der Waals surface area contributed by atoms with E-state index in [2.05, 4.69) is 10.6 Å². The Labute approximate surface area is 119 Å². The summed E-state index contributed by atoms with van der Waals surface area (Å²) in [6.07, 6.45) is 0.232. The molecule has 0 aliphatic carbocycles. The summed E-state index contributed by atoms with van der Waals surface area (Å²) in [5, 5.41) is 5.56. The van der Waals surface area contributed by atoms with Crippen molar-refractivity contribution in [3.05, 3.63) is 24.3 Å². The number of amides is 2. The highest BCUT2D eigenvalue weighted by atomic mass is 16.2. The molecule has 2 amide bonds. The number of benzene rings is 1. The standard InChI is InChI=1S/C15H23N3O2/c1-10(2)14(20)18-12-7-5-6-11(8-12)17-13(19)9-15(3,4)16/h5-8,10H,9,16H2,1-4H3,(H,17,19)(H,18,20). The van der Waals surface area contributed by atoms with E-state index in [9.17, 15) is 9.59 Å². The minimum Gasteiger partial charge on any atom is -0.326 e. The molecule has 0 fully saturated rings. The van der Waals surface area contributed by atoms with Gasteiger partial charge in [-0.1, -0.05) is 19.9 Å². The maximum atomic E-state index is 11.8. The van der Waals surface area contributed by atoms with E-state index in [1.807, 2.05) is 13.8 Å². The second-order valence-electron chi connectivity index (χ2n) is 5.94. The van der Waals surface area contributed by atoms with Crippen LogP contribution >= 0.6 is 0 Å². The summed E-state index contributed by atoms with van der Waals surface area (Å²) in [5.74, 6) is -0.298. The summed E-state index contributed by atoms with van der Waals surface area (Å²) >= 11 is 0. The van der Waals surface area contributed by atoms with Crippen molar-refractivity contribution >= 4 is 23.2 Å². The third kappa shape index (κ3) is 5.84. The van der Waals surface area contributed by atoms with E-state index < -0.39 is 5.54 Å². The maximum Gasteiger partial charge on any atom is 0.226 e. The number of rotatable bonds is 5. The van der Waals surface area contributed by atoms with Crippen molar-refractivity contribution in [2.45, 2.75) is 39.7 Å². The highest BCUT2D eigenvalue weighted by molar-refractivity contribution is 5.95. The molecular weight excluding hydrogens is 254 g/mol. The summed E-state index contributed by atoms with van der Waals surface area (Å²) in [7, 11) is 0. The van der Waals surface area contributed by atoms with Gasteiger partial charge in [-0.3, -0.25) is 9.59 Å². The predicted molar refractivity (Wildman–Crippen MR) is 81.4 cm³/mol. The van der Waals surface area contributed by atoms with E-state index in [1.165, 1.54) is 0 Å². The molecule has 0 spiro atoms. The summed E-state index contributed by atoms with van der Waals surface area (Å²) < 4.78 is 0. The quantitative estimate of drug-likeness (QED) is 0.772. The molecular formula is C15H23N3O2.